The molecule has 2 N–H and O–H groups in total. The number of aromatic nitrogens is 2. The van der Waals surface area contributed by atoms with Gasteiger partial charge in [0.25, 0.3) is 5.69 Å². The Morgan fingerprint density at radius 1 is 1.21 bits per heavy atom. The summed E-state index contributed by atoms with van der Waals surface area (Å²) >= 11 is 2.58. The fourth-order valence-corrected chi connectivity index (χ4v) is 3.87. The van der Waals surface area contributed by atoms with Crippen LogP contribution in [0.2, 0.25) is 0 Å². The lowest BCUT2D eigenvalue weighted by Gasteiger charge is -2.05. The molecule has 0 atom stereocenters. The van der Waals surface area contributed by atoms with Gasteiger partial charge in [-0.1, -0.05) is 59.5 Å². The topological polar surface area (TPSA) is 110 Å². The van der Waals surface area contributed by atoms with Crippen molar-refractivity contribution in [3.8, 4) is 0 Å². The summed E-state index contributed by atoms with van der Waals surface area (Å²) in [6, 6.07) is 14.6. The molecule has 0 saturated carbocycles. The summed E-state index contributed by atoms with van der Waals surface area (Å²) in [4.78, 5) is 22.8. The Balaban J connectivity index is 1.51. The third kappa shape index (κ3) is 5.51. The first-order valence-electron chi connectivity index (χ1n) is 8.30. The quantitative estimate of drug-likeness (QED) is 0.324. The lowest BCUT2D eigenvalue weighted by Crippen LogP contribution is -2.15. The molecule has 3 rings (SSSR count). The SMILES string of the molecule is Cc1ccc(NC(=O)CSc2nnc(NCc3ccccc3)s2)c([N+](=O)[O-])c1. The van der Waals surface area contributed by atoms with Gasteiger partial charge in [-0.15, -0.1) is 10.2 Å². The number of carbonyl (C=O) groups excluding carboxylic acids is 1. The van der Waals surface area contributed by atoms with E-state index in [0.717, 1.165) is 11.1 Å². The number of nitrogens with one attached hydrogen (secondary N) is 2. The van der Waals surface area contributed by atoms with Crippen molar-refractivity contribution in [3.05, 3.63) is 69.8 Å². The largest absolute Gasteiger partial charge is 0.356 e. The molecular formula is C18H17N5O3S2. The number of thioether (sulfide) groups is 1. The van der Waals surface area contributed by atoms with Crippen molar-refractivity contribution in [1.82, 2.24) is 10.2 Å². The van der Waals surface area contributed by atoms with Crippen LogP contribution in [0.1, 0.15) is 11.1 Å². The minimum atomic E-state index is -0.509. The van der Waals surface area contributed by atoms with Crippen molar-refractivity contribution in [2.24, 2.45) is 0 Å². The van der Waals surface area contributed by atoms with Gasteiger partial charge in [-0.05, 0) is 24.1 Å². The molecule has 8 nitrogen and oxygen atoms in total. The molecule has 0 aliphatic heterocycles. The molecule has 28 heavy (non-hydrogen) atoms. The Morgan fingerprint density at radius 2 is 2.00 bits per heavy atom. The number of aryl methyl sites for hydroxylation is 1. The van der Waals surface area contributed by atoms with Gasteiger partial charge in [0.15, 0.2) is 4.34 Å². The van der Waals surface area contributed by atoms with Crippen molar-refractivity contribution in [3.63, 3.8) is 0 Å². The molecule has 0 saturated heterocycles. The highest BCUT2D eigenvalue weighted by atomic mass is 32.2. The number of hydrogen-bond donors (Lipinski definition) is 2. The van der Waals surface area contributed by atoms with E-state index >= 15 is 0 Å². The number of nitro groups is 1. The van der Waals surface area contributed by atoms with E-state index in [0.29, 0.717) is 16.0 Å². The number of benzene rings is 2. The summed E-state index contributed by atoms with van der Waals surface area (Å²) < 4.78 is 0.643. The summed E-state index contributed by atoms with van der Waals surface area (Å²) in [6.07, 6.45) is 0. The van der Waals surface area contributed by atoms with Crippen molar-refractivity contribution >= 4 is 45.5 Å². The maximum atomic E-state index is 12.1. The van der Waals surface area contributed by atoms with Crippen LogP contribution in [-0.4, -0.2) is 26.8 Å². The maximum absolute atomic E-state index is 12.1. The summed E-state index contributed by atoms with van der Waals surface area (Å²) in [5.74, 6) is -0.260. The van der Waals surface area contributed by atoms with Gasteiger partial charge in [-0.3, -0.25) is 14.9 Å². The molecule has 10 heteroatoms. The number of nitrogens with zero attached hydrogens (tertiary/aromatic N) is 3. The molecule has 0 radical (unpaired) electrons. The van der Waals surface area contributed by atoms with Crippen LogP contribution in [-0.2, 0) is 11.3 Å². The molecule has 3 aromatic rings. The van der Waals surface area contributed by atoms with E-state index in [1.807, 2.05) is 30.3 Å². The van der Waals surface area contributed by atoms with Crippen LogP contribution in [0.4, 0.5) is 16.5 Å². The van der Waals surface area contributed by atoms with Crippen molar-refractivity contribution in [2.45, 2.75) is 17.8 Å². The summed E-state index contributed by atoms with van der Waals surface area (Å²) in [5, 5.41) is 25.7. The van der Waals surface area contributed by atoms with Gasteiger partial charge in [0.1, 0.15) is 5.69 Å². The van der Waals surface area contributed by atoms with E-state index in [1.54, 1.807) is 13.0 Å². The molecule has 0 aliphatic carbocycles. The molecule has 0 unspecified atom stereocenters. The van der Waals surface area contributed by atoms with Gasteiger partial charge in [0, 0.05) is 12.6 Å². The zero-order chi connectivity index (χ0) is 19.9. The average molecular weight is 416 g/mol. The lowest BCUT2D eigenvalue weighted by molar-refractivity contribution is -0.384. The smallest absolute Gasteiger partial charge is 0.293 e. The predicted octanol–water partition coefficient (Wildman–Crippen LogP) is 4.10. The van der Waals surface area contributed by atoms with E-state index in [4.69, 9.17) is 0 Å². The van der Waals surface area contributed by atoms with E-state index in [2.05, 4.69) is 20.8 Å². The summed E-state index contributed by atoms with van der Waals surface area (Å²) in [6.45, 7) is 2.39. The molecule has 0 spiro atoms. The number of hydrogen-bond acceptors (Lipinski definition) is 8. The zero-order valence-corrected chi connectivity index (χ0v) is 16.5. The number of nitro benzene ring substituents is 1. The fraction of sp³-hybridized carbons (Fsp3) is 0.167. The normalized spacial score (nSPS) is 10.5. The van der Waals surface area contributed by atoms with Crippen LogP contribution in [0.15, 0.2) is 52.9 Å². The van der Waals surface area contributed by atoms with Gasteiger partial charge < -0.3 is 10.6 Å². The van der Waals surface area contributed by atoms with E-state index in [9.17, 15) is 14.9 Å². The Hall–Kier alpha value is -2.98. The van der Waals surface area contributed by atoms with Gasteiger partial charge in [-0.2, -0.15) is 0 Å². The number of carbonyl (C=O) groups is 1. The van der Waals surface area contributed by atoms with Crippen LogP contribution >= 0.6 is 23.1 Å². The second-order valence-electron chi connectivity index (χ2n) is 5.83. The molecule has 0 aliphatic rings. The number of amides is 1. The Kier molecular flexibility index (Phi) is 6.56. The average Bonchev–Trinajstić information content (AvgIpc) is 3.15. The van der Waals surface area contributed by atoms with Crippen LogP contribution < -0.4 is 10.6 Å². The van der Waals surface area contributed by atoms with E-state index < -0.39 is 4.92 Å². The van der Waals surface area contributed by atoms with Crippen molar-refractivity contribution < 1.29 is 9.72 Å². The van der Waals surface area contributed by atoms with Crippen LogP contribution in [0.25, 0.3) is 0 Å². The summed E-state index contributed by atoms with van der Waals surface area (Å²) in [7, 11) is 0. The highest BCUT2D eigenvalue weighted by Gasteiger charge is 2.16. The van der Waals surface area contributed by atoms with E-state index in [1.165, 1.54) is 35.2 Å². The highest BCUT2D eigenvalue weighted by Crippen LogP contribution is 2.28. The van der Waals surface area contributed by atoms with Crippen molar-refractivity contribution in [2.75, 3.05) is 16.4 Å². The monoisotopic (exact) mass is 415 g/mol. The molecule has 1 heterocycles. The third-order valence-electron chi connectivity index (χ3n) is 3.64. The second-order valence-corrected chi connectivity index (χ2v) is 8.03. The van der Waals surface area contributed by atoms with Crippen LogP contribution in [0.5, 0.6) is 0 Å². The maximum Gasteiger partial charge on any atom is 0.293 e. The number of rotatable bonds is 8. The minimum Gasteiger partial charge on any atom is -0.356 e. The first-order valence-corrected chi connectivity index (χ1v) is 10.1. The predicted molar refractivity (Wildman–Crippen MR) is 111 cm³/mol. The Bertz CT molecular complexity index is 978. The summed E-state index contributed by atoms with van der Waals surface area (Å²) in [5.41, 5.74) is 1.94. The van der Waals surface area contributed by atoms with Crippen LogP contribution in [0.3, 0.4) is 0 Å². The number of anilines is 2. The molecule has 0 fully saturated rings. The van der Waals surface area contributed by atoms with Gasteiger partial charge in [-0.25, -0.2) is 0 Å². The van der Waals surface area contributed by atoms with Crippen LogP contribution in [0, 0.1) is 17.0 Å². The standard InChI is InChI=1S/C18H17N5O3S2/c1-12-7-8-14(15(9-12)23(25)26)20-16(24)11-27-18-22-21-17(28-18)19-10-13-5-3-2-4-6-13/h2-9H,10-11H2,1H3,(H,19,21)(H,20,24). The van der Waals surface area contributed by atoms with Gasteiger partial charge >= 0.3 is 0 Å². The van der Waals surface area contributed by atoms with E-state index in [-0.39, 0.29) is 23.0 Å². The molecule has 2 aromatic carbocycles. The molecule has 0 bridgehead atoms. The fourth-order valence-electron chi connectivity index (χ4n) is 2.33. The van der Waals surface area contributed by atoms with Gasteiger partial charge in [0.2, 0.25) is 11.0 Å². The van der Waals surface area contributed by atoms with Crippen molar-refractivity contribution in [1.29, 1.82) is 0 Å². The first kappa shape index (κ1) is 19.8. The van der Waals surface area contributed by atoms with Gasteiger partial charge in [0.05, 0.1) is 10.7 Å². The Labute approximate surface area is 169 Å². The Morgan fingerprint density at radius 3 is 2.75 bits per heavy atom. The molecule has 1 aromatic heterocycles. The third-order valence-corrected chi connectivity index (χ3v) is 5.66. The lowest BCUT2D eigenvalue weighted by atomic mass is 10.2. The molecule has 1 amide bonds. The highest BCUT2D eigenvalue weighted by molar-refractivity contribution is 8.01. The molecule has 144 valence electrons. The zero-order valence-electron chi connectivity index (χ0n) is 14.9. The second kappa shape index (κ2) is 9.29. The molecular weight excluding hydrogens is 398 g/mol. The minimum absolute atomic E-state index is 0.0817. The first-order chi connectivity index (χ1) is 13.5.